The van der Waals surface area contributed by atoms with E-state index < -0.39 is 0 Å². The molecule has 1 aliphatic rings. The second-order valence-corrected chi connectivity index (χ2v) is 4.29. The Bertz CT molecular complexity index is 407. The Labute approximate surface area is 106 Å². The van der Waals surface area contributed by atoms with E-state index in [2.05, 4.69) is 20.6 Å². The second kappa shape index (κ2) is 6.18. The Morgan fingerprint density at radius 3 is 3.11 bits per heavy atom. The highest BCUT2D eigenvalue weighted by Gasteiger charge is 2.22. The highest BCUT2D eigenvalue weighted by molar-refractivity contribution is 5.76. The third kappa shape index (κ3) is 4.20. The first kappa shape index (κ1) is 12.6. The molecule has 0 bridgehead atoms. The van der Waals surface area contributed by atoms with Crippen molar-refractivity contribution in [1.29, 1.82) is 0 Å². The number of anilines is 1. The zero-order chi connectivity index (χ0) is 12.8. The molecule has 0 radical (unpaired) electrons. The van der Waals surface area contributed by atoms with Gasteiger partial charge in [0.15, 0.2) is 0 Å². The van der Waals surface area contributed by atoms with Crippen LogP contribution in [-0.4, -0.2) is 35.6 Å². The van der Waals surface area contributed by atoms with Crippen molar-refractivity contribution in [2.24, 2.45) is 0 Å². The van der Waals surface area contributed by atoms with Gasteiger partial charge in [-0.2, -0.15) is 4.98 Å². The van der Waals surface area contributed by atoms with E-state index in [1.807, 2.05) is 0 Å². The number of amides is 1. The van der Waals surface area contributed by atoms with E-state index in [1.165, 1.54) is 0 Å². The molecule has 1 heterocycles. The molecule has 1 fully saturated rings. The van der Waals surface area contributed by atoms with Crippen LogP contribution in [0.2, 0.25) is 0 Å². The van der Waals surface area contributed by atoms with Gasteiger partial charge in [0.05, 0.1) is 7.11 Å². The third-order valence-corrected chi connectivity index (χ3v) is 2.65. The average Bonchev–Trinajstić information content (AvgIpc) is 3.19. The minimum Gasteiger partial charge on any atom is -0.481 e. The highest BCUT2D eigenvalue weighted by Crippen LogP contribution is 2.18. The van der Waals surface area contributed by atoms with Gasteiger partial charge in [0.2, 0.25) is 17.7 Å². The summed E-state index contributed by atoms with van der Waals surface area (Å²) in [5.74, 6) is 1.18. The van der Waals surface area contributed by atoms with Gasteiger partial charge in [-0.05, 0) is 19.3 Å². The Hall–Kier alpha value is -1.85. The van der Waals surface area contributed by atoms with Crippen LogP contribution in [0.3, 0.4) is 0 Å². The molecule has 1 aromatic rings. The van der Waals surface area contributed by atoms with Gasteiger partial charge in [-0.25, -0.2) is 4.98 Å². The standard InChI is InChI=1S/C12H18N4O2/c1-18-11-6-8-14-12(16-11)13-7-2-3-10(17)15-9-4-5-9/h6,8-9H,2-5,7H2,1H3,(H,15,17)(H,13,14,16). The van der Waals surface area contributed by atoms with Crippen molar-refractivity contribution >= 4 is 11.9 Å². The number of carbonyl (C=O) groups is 1. The summed E-state index contributed by atoms with van der Waals surface area (Å²) < 4.78 is 4.99. The smallest absolute Gasteiger partial charge is 0.225 e. The normalized spacial score (nSPS) is 14.1. The number of nitrogens with zero attached hydrogens (tertiary/aromatic N) is 2. The summed E-state index contributed by atoms with van der Waals surface area (Å²) in [4.78, 5) is 19.6. The number of hydrogen-bond donors (Lipinski definition) is 2. The van der Waals surface area contributed by atoms with Crippen molar-refractivity contribution < 1.29 is 9.53 Å². The lowest BCUT2D eigenvalue weighted by Crippen LogP contribution is -2.25. The number of ether oxygens (including phenoxy) is 1. The van der Waals surface area contributed by atoms with Gasteiger partial charge in [-0.1, -0.05) is 0 Å². The van der Waals surface area contributed by atoms with Crippen LogP contribution in [0.25, 0.3) is 0 Å². The van der Waals surface area contributed by atoms with Crippen LogP contribution in [0.1, 0.15) is 25.7 Å². The maximum atomic E-state index is 11.4. The van der Waals surface area contributed by atoms with Gasteiger partial charge < -0.3 is 15.4 Å². The molecule has 6 nitrogen and oxygen atoms in total. The molecule has 1 aliphatic carbocycles. The van der Waals surface area contributed by atoms with Crippen LogP contribution in [-0.2, 0) is 4.79 Å². The molecular formula is C12H18N4O2. The van der Waals surface area contributed by atoms with E-state index >= 15 is 0 Å². The summed E-state index contributed by atoms with van der Waals surface area (Å²) >= 11 is 0. The molecule has 0 unspecified atom stereocenters. The van der Waals surface area contributed by atoms with Crippen LogP contribution in [0.4, 0.5) is 5.95 Å². The lowest BCUT2D eigenvalue weighted by Gasteiger charge is -2.06. The predicted octanol–water partition coefficient (Wildman–Crippen LogP) is 0.956. The van der Waals surface area contributed by atoms with Gasteiger partial charge in [-0.15, -0.1) is 0 Å². The molecule has 1 saturated carbocycles. The minimum absolute atomic E-state index is 0.130. The summed E-state index contributed by atoms with van der Waals surface area (Å²) in [5.41, 5.74) is 0. The van der Waals surface area contributed by atoms with Gasteiger partial charge in [0.25, 0.3) is 0 Å². The Kier molecular flexibility index (Phi) is 4.33. The topological polar surface area (TPSA) is 76.1 Å². The first-order valence-electron chi connectivity index (χ1n) is 6.18. The summed E-state index contributed by atoms with van der Waals surface area (Å²) in [6.07, 6.45) is 5.18. The van der Waals surface area contributed by atoms with Crippen LogP contribution in [0.5, 0.6) is 5.88 Å². The van der Waals surface area contributed by atoms with Crippen molar-refractivity contribution in [3.63, 3.8) is 0 Å². The molecule has 98 valence electrons. The number of rotatable bonds is 7. The molecule has 0 aliphatic heterocycles. The molecule has 0 spiro atoms. The van der Waals surface area contributed by atoms with Crippen LogP contribution >= 0.6 is 0 Å². The minimum atomic E-state index is 0.130. The van der Waals surface area contributed by atoms with Crippen LogP contribution in [0, 0.1) is 0 Å². The molecule has 0 atom stereocenters. The van der Waals surface area contributed by atoms with Crippen molar-refractivity contribution in [3.8, 4) is 5.88 Å². The SMILES string of the molecule is COc1ccnc(NCCCC(=O)NC2CC2)n1. The number of nitrogens with one attached hydrogen (secondary N) is 2. The molecule has 6 heteroatoms. The van der Waals surface area contributed by atoms with Gasteiger partial charge in [-0.3, -0.25) is 4.79 Å². The monoisotopic (exact) mass is 250 g/mol. The lowest BCUT2D eigenvalue weighted by atomic mass is 10.3. The molecule has 0 saturated heterocycles. The van der Waals surface area contributed by atoms with Gasteiger partial charge >= 0.3 is 0 Å². The quantitative estimate of drug-likeness (QED) is 0.705. The number of aromatic nitrogens is 2. The van der Waals surface area contributed by atoms with Crippen molar-refractivity contribution in [1.82, 2.24) is 15.3 Å². The van der Waals surface area contributed by atoms with E-state index in [1.54, 1.807) is 19.4 Å². The fraction of sp³-hybridized carbons (Fsp3) is 0.583. The Morgan fingerprint density at radius 2 is 2.39 bits per heavy atom. The molecule has 1 aromatic heterocycles. The highest BCUT2D eigenvalue weighted by atomic mass is 16.5. The van der Waals surface area contributed by atoms with E-state index in [-0.39, 0.29) is 5.91 Å². The van der Waals surface area contributed by atoms with E-state index in [9.17, 15) is 4.79 Å². The lowest BCUT2D eigenvalue weighted by molar-refractivity contribution is -0.121. The first-order chi connectivity index (χ1) is 8.78. The summed E-state index contributed by atoms with van der Waals surface area (Å²) in [7, 11) is 1.56. The van der Waals surface area contributed by atoms with Crippen LogP contribution in [0.15, 0.2) is 12.3 Å². The zero-order valence-electron chi connectivity index (χ0n) is 10.5. The maximum Gasteiger partial charge on any atom is 0.225 e. The largest absolute Gasteiger partial charge is 0.481 e. The van der Waals surface area contributed by atoms with Crippen molar-refractivity contribution in [3.05, 3.63) is 12.3 Å². The molecule has 2 N–H and O–H groups in total. The summed E-state index contributed by atoms with van der Waals surface area (Å²) in [6, 6.07) is 2.13. The predicted molar refractivity (Wildman–Crippen MR) is 67.5 cm³/mol. The number of carbonyl (C=O) groups excluding carboxylic acids is 1. The van der Waals surface area contributed by atoms with Gasteiger partial charge in [0, 0.05) is 31.3 Å². The van der Waals surface area contributed by atoms with Gasteiger partial charge in [0.1, 0.15) is 0 Å². The van der Waals surface area contributed by atoms with Crippen molar-refractivity contribution in [2.45, 2.75) is 31.7 Å². The fourth-order valence-electron chi connectivity index (χ4n) is 1.52. The Morgan fingerprint density at radius 1 is 1.56 bits per heavy atom. The number of hydrogen-bond acceptors (Lipinski definition) is 5. The molecule has 2 rings (SSSR count). The summed E-state index contributed by atoms with van der Waals surface area (Å²) in [5, 5.41) is 6.01. The zero-order valence-corrected chi connectivity index (χ0v) is 10.5. The first-order valence-corrected chi connectivity index (χ1v) is 6.18. The third-order valence-electron chi connectivity index (χ3n) is 2.65. The van der Waals surface area contributed by atoms with E-state index in [4.69, 9.17) is 4.74 Å². The molecule has 0 aromatic carbocycles. The summed E-state index contributed by atoms with van der Waals surface area (Å²) in [6.45, 7) is 0.672. The molecular weight excluding hydrogens is 232 g/mol. The Balaban J connectivity index is 1.63. The van der Waals surface area contributed by atoms with E-state index in [0.717, 1.165) is 19.3 Å². The maximum absolute atomic E-state index is 11.4. The fourth-order valence-corrected chi connectivity index (χ4v) is 1.52. The molecule has 1 amide bonds. The molecule has 18 heavy (non-hydrogen) atoms. The van der Waals surface area contributed by atoms with E-state index in [0.29, 0.717) is 30.8 Å². The average molecular weight is 250 g/mol. The van der Waals surface area contributed by atoms with Crippen LogP contribution < -0.4 is 15.4 Å². The number of methoxy groups -OCH3 is 1. The van der Waals surface area contributed by atoms with Crippen molar-refractivity contribution in [2.75, 3.05) is 19.0 Å². The second-order valence-electron chi connectivity index (χ2n) is 4.29.